The quantitative estimate of drug-likeness (QED) is 0.427. The van der Waals surface area contributed by atoms with Gasteiger partial charge in [-0.3, -0.25) is 14.9 Å². The van der Waals surface area contributed by atoms with Crippen LogP contribution in [0.5, 0.6) is 5.75 Å². The van der Waals surface area contributed by atoms with Gasteiger partial charge in [0, 0.05) is 24.7 Å². The Morgan fingerprint density at radius 3 is 2.45 bits per heavy atom. The summed E-state index contributed by atoms with van der Waals surface area (Å²) in [6.07, 6.45) is 0. The van der Waals surface area contributed by atoms with Crippen LogP contribution in [0.1, 0.15) is 18.5 Å². The van der Waals surface area contributed by atoms with Crippen molar-refractivity contribution >= 4 is 11.6 Å². The average molecular weight is 390 g/mol. The van der Waals surface area contributed by atoms with Crippen LogP contribution in [0.15, 0.2) is 78.9 Å². The number of hydrogen-bond donors (Lipinski definition) is 0. The number of non-ortho nitro benzene ring substituents is 1. The van der Waals surface area contributed by atoms with Gasteiger partial charge in [0.05, 0.1) is 11.0 Å². The minimum atomic E-state index is -0.443. The molecule has 29 heavy (non-hydrogen) atoms. The number of rotatable bonds is 7. The van der Waals surface area contributed by atoms with Crippen LogP contribution < -0.4 is 4.74 Å². The topological polar surface area (TPSA) is 72.7 Å². The number of likely N-dealkylation sites (N-methyl/N-ethyl adjacent to an activating group) is 1. The molecule has 0 heterocycles. The van der Waals surface area contributed by atoms with Crippen molar-refractivity contribution in [1.29, 1.82) is 0 Å². The molecule has 0 saturated carbocycles. The van der Waals surface area contributed by atoms with Crippen molar-refractivity contribution in [3.8, 4) is 16.9 Å². The molecular weight excluding hydrogens is 368 g/mol. The van der Waals surface area contributed by atoms with E-state index in [9.17, 15) is 14.9 Å². The van der Waals surface area contributed by atoms with Gasteiger partial charge in [-0.1, -0.05) is 60.7 Å². The Labute approximate surface area is 169 Å². The molecule has 0 radical (unpaired) electrons. The Morgan fingerprint density at radius 1 is 1.03 bits per heavy atom. The lowest BCUT2D eigenvalue weighted by molar-refractivity contribution is -0.384. The molecule has 3 rings (SSSR count). The summed E-state index contributed by atoms with van der Waals surface area (Å²) >= 11 is 0. The minimum Gasteiger partial charge on any atom is -0.483 e. The largest absolute Gasteiger partial charge is 0.483 e. The maximum Gasteiger partial charge on any atom is 0.269 e. The van der Waals surface area contributed by atoms with Gasteiger partial charge in [-0.15, -0.1) is 0 Å². The number of nitrogens with zero attached hydrogens (tertiary/aromatic N) is 2. The molecule has 6 heteroatoms. The lowest BCUT2D eigenvalue weighted by Gasteiger charge is -2.25. The first kappa shape index (κ1) is 20.1. The van der Waals surface area contributed by atoms with Gasteiger partial charge in [-0.25, -0.2) is 0 Å². The highest BCUT2D eigenvalue weighted by molar-refractivity contribution is 5.78. The third kappa shape index (κ3) is 4.79. The molecule has 0 aliphatic heterocycles. The zero-order chi connectivity index (χ0) is 20.8. The van der Waals surface area contributed by atoms with E-state index in [1.54, 1.807) is 19.2 Å². The zero-order valence-corrected chi connectivity index (χ0v) is 16.3. The first-order chi connectivity index (χ1) is 14.0. The number of carbonyl (C=O) groups excluding carboxylic acids is 1. The molecule has 0 unspecified atom stereocenters. The van der Waals surface area contributed by atoms with E-state index in [1.165, 1.54) is 17.0 Å². The summed E-state index contributed by atoms with van der Waals surface area (Å²) < 4.78 is 5.82. The first-order valence-electron chi connectivity index (χ1n) is 9.24. The van der Waals surface area contributed by atoms with Gasteiger partial charge in [0.15, 0.2) is 6.61 Å². The van der Waals surface area contributed by atoms with Crippen LogP contribution in [0.2, 0.25) is 0 Å². The van der Waals surface area contributed by atoms with Crippen molar-refractivity contribution < 1.29 is 14.5 Å². The van der Waals surface area contributed by atoms with Crippen LogP contribution >= 0.6 is 0 Å². The molecule has 3 aromatic rings. The monoisotopic (exact) mass is 390 g/mol. The van der Waals surface area contributed by atoms with Crippen LogP contribution in [0, 0.1) is 10.1 Å². The standard InChI is InChI=1S/C23H22N2O4/c1-17(19-11-8-12-20(15-19)25(27)28)24(2)23(26)16-29-22-14-7-6-13-21(22)18-9-4-3-5-10-18/h3-15,17H,16H2,1-2H3/t17-/m0/s1. The number of nitro groups is 1. The smallest absolute Gasteiger partial charge is 0.269 e. The summed E-state index contributed by atoms with van der Waals surface area (Å²) in [6, 6.07) is 23.4. The molecule has 0 aliphatic carbocycles. The molecule has 148 valence electrons. The Hall–Kier alpha value is -3.67. The number of para-hydroxylation sites is 1. The predicted molar refractivity (Wildman–Crippen MR) is 112 cm³/mol. The molecule has 0 spiro atoms. The van der Waals surface area contributed by atoms with Crippen molar-refractivity contribution in [1.82, 2.24) is 4.90 Å². The molecule has 0 saturated heterocycles. The van der Waals surface area contributed by atoms with Crippen LogP contribution in [-0.4, -0.2) is 29.4 Å². The van der Waals surface area contributed by atoms with Gasteiger partial charge < -0.3 is 9.64 Å². The fraction of sp³-hybridized carbons (Fsp3) is 0.174. The van der Waals surface area contributed by atoms with Crippen LogP contribution in [0.4, 0.5) is 5.69 Å². The van der Waals surface area contributed by atoms with E-state index in [4.69, 9.17) is 4.74 Å². The average Bonchev–Trinajstić information content (AvgIpc) is 2.77. The van der Waals surface area contributed by atoms with Gasteiger partial charge in [0.2, 0.25) is 0 Å². The number of benzene rings is 3. The summed E-state index contributed by atoms with van der Waals surface area (Å²) in [7, 11) is 1.66. The molecule has 1 atom stereocenters. The Kier molecular flexibility index (Phi) is 6.24. The number of hydrogen-bond acceptors (Lipinski definition) is 4. The lowest BCUT2D eigenvalue weighted by Crippen LogP contribution is -2.33. The van der Waals surface area contributed by atoms with E-state index in [0.29, 0.717) is 11.3 Å². The normalized spacial score (nSPS) is 11.5. The molecule has 0 aliphatic rings. The maximum atomic E-state index is 12.7. The number of carbonyl (C=O) groups is 1. The zero-order valence-electron chi connectivity index (χ0n) is 16.3. The molecule has 6 nitrogen and oxygen atoms in total. The van der Waals surface area contributed by atoms with Crippen LogP contribution in [0.3, 0.4) is 0 Å². The van der Waals surface area contributed by atoms with Crippen LogP contribution in [-0.2, 0) is 4.79 Å². The van der Waals surface area contributed by atoms with Crippen molar-refractivity contribution in [2.75, 3.05) is 13.7 Å². The molecular formula is C23H22N2O4. The van der Waals surface area contributed by atoms with E-state index < -0.39 is 4.92 Å². The molecule has 0 fully saturated rings. The summed E-state index contributed by atoms with van der Waals surface area (Å²) in [5, 5.41) is 11.0. The summed E-state index contributed by atoms with van der Waals surface area (Å²) in [5.74, 6) is 0.412. The summed E-state index contributed by atoms with van der Waals surface area (Å²) in [5.41, 5.74) is 2.62. The fourth-order valence-corrected chi connectivity index (χ4v) is 3.03. The minimum absolute atomic E-state index is 0.00300. The second-order valence-corrected chi connectivity index (χ2v) is 6.68. The molecule has 0 N–H and O–H groups in total. The van der Waals surface area contributed by atoms with Gasteiger partial charge in [-0.05, 0) is 24.1 Å². The molecule has 3 aromatic carbocycles. The second kappa shape index (κ2) is 9.01. The first-order valence-corrected chi connectivity index (χ1v) is 9.24. The Balaban J connectivity index is 1.70. The summed E-state index contributed by atoms with van der Waals surface area (Å²) in [6.45, 7) is 1.70. The van der Waals surface area contributed by atoms with Crippen molar-refractivity contribution in [3.63, 3.8) is 0 Å². The Morgan fingerprint density at radius 2 is 1.72 bits per heavy atom. The summed E-state index contributed by atoms with van der Waals surface area (Å²) in [4.78, 5) is 24.7. The highest BCUT2D eigenvalue weighted by Crippen LogP contribution is 2.30. The fourth-order valence-electron chi connectivity index (χ4n) is 3.03. The highest BCUT2D eigenvalue weighted by atomic mass is 16.6. The highest BCUT2D eigenvalue weighted by Gasteiger charge is 2.20. The van der Waals surface area contributed by atoms with E-state index >= 15 is 0 Å². The van der Waals surface area contributed by atoms with Gasteiger partial charge in [0.25, 0.3) is 11.6 Å². The predicted octanol–water partition coefficient (Wildman–Crippen LogP) is 4.86. The Bertz CT molecular complexity index is 1000. The molecule has 0 aromatic heterocycles. The van der Waals surface area contributed by atoms with Crippen LogP contribution in [0.25, 0.3) is 11.1 Å². The van der Waals surface area contributed by atoms with E-state index in [0.717, 1.165) is 11.1 Å². The van der Waals surface area contributed by atoms with E-state index in [2.05, 4.69) is 0 Å². The second-order valence-electron chi connectivity index (χ2n) is 6.68. The third-order valence-electron chi connectivity index (χ3n) is 4.86. The number of ether oxygens (including phenoxy) is 1. The number of amides is 1. The van der Waals surface area contributed by atoms with E-state index in [1.807, 2.05) is 61.5 Å². The van der Waals surface area contributed by atoms with Crippen molar-refractivity contribution in [2.45, 2.75) is 13.0 Å². The van der Waals surface area contributed by atoms with Crippen molar-refractivity contribution in [2.24, 2.45) is 0 Å². The lowest BCUT2D eigenvalue weighted by atomic mass is 10.1. The number of nitro benzene ring substituents is 1. The van der Waals surface area contributed by atoms with Crippen molar-refractivity contribution in [3.05, 3.63) is 94.5 Å². The van der Waals surface area contributed by atoms with Gasteiger partial charge in [0.1, 0.15) is 5.75 Å². The SMILES string of the molecule is C[C@@H](c1cccc([N+](=O)[O-])c1)N(C)C(=O)COc1ccccc1-c1ccccc1. The van der Waals surface area contributed by atoms with E-state index in [-0.39, 0.29) is 24.2 Å². The van der Waals surface area contributed by atoms with Gasteiger partial charge in [-0.2, -0.15) is 0 Å². The molecule has 1 amide bonds. The maximum absolute atomic E-state index is 12.7. The van der Waals surface area contributed by atoms with Gasteiger partial charge >= 0.3 is 0 Å². The molecule has 0 bridgehead atoms. The third-order valence-corrected chi connectivity index (χ3v) is 4.86.